The maximum atomic E-state index is 6.20. The molecule has 0 saturated heterocycles. The molecule has 1 aliphatic heterocycles. The number of rotatable bonds is 5. The van der Waals surface area contributed by atoms with Gasteiger partial charge in [-0.15, -0.1) is 22.7 Å². The zero-order valence-corrected chi connectivity index (χ0v) is 15.4. The van der Waals surface area contributed by atoms with Crippen molar-refractivity contribution in [2.24, 2.45) is 5.73 Å². The molecule has 0 aromatic carbocycles. The molecule has 0 spiro atoms. The Labute approximate surface area is 154 Å². The summed E-state index contributed by atoms with van der Waals surface area (Å²) in [5.41, 5.74) is 13.2. The Morgan fingerprint density at radius 2 is 2.04 bits per heavy atom. The largest absolute Gasteiger partial charge is 0.391 e. The van der Waals surface area contributed by atoms with Crippen LogP contribution in [0.5, 0.6) is 0 Å². The number of hydrogen-bond acceptors (Lipinski definition) is 5. The average molecular weight is 375 g/mol. The van der Waals surface area contributed by atoms with Gasteiger partial charge in [0.15, 0.2) is 0 Å². The first-order valence-electron chi connectivity index (χ1n) is 7.03. The van der Waals surface area contributed by atoms with Crippen molar-refractivity contribution in [1.82, 2.24) is 5.32 Å². The molecule has 0 radical (unpaired) electrons. The van der Waals surface area contributed by atoms with Gasteiger partial charge >= 0.3 is 0 Å². The molecule has 0 bridgehead atoms. The van der Waals surface area contributed by atoms with E-state index in [2.05, 4.69) is 22.5 Å². The molecule has 116 valence electrons. The van der Waals surface area contributed by atoms with E-state index in [-0.39, 0.29) is 0 Å². The number of thiocarbonyl (C=S) groups is 2. The molecule has 23 heavy (non-hydrogen) atoms. The molecular formula is C17H14N2S4. The Balaban J connectivity index is 2.12. The molecule has 0 saturated carbocycles. The van der Waals surface area contributed by atoms with Crippen LogP contribution in [0.4, 0.5) is 0 Å². The third-order valence-electron chi connectivity index (χ3n) is 3.40. The summed E-state index contributed by atoms with van der Waals surface area (Å²) in [6.45, 7) is 0. The predicted molar refractivity (Wildman–Crippen MR) is 109 cm³/mol. The minimum Gasteiger partial charge on any atom is -0.391 e. The van der Waals surface area contributed by atoms with Crippen molar-refractivity contribution in [2.75, 3.05) is 0 Å². The Bertz CT molecular complexity index is 820. The van der Waals surface area contributed by atoms with Gasteiger partial charge < -0.3 is 11.1 Å². The van der Waals surface area contributed by atoms with E-state index in [1.165, 1.54) is 4.88 Å². The monoisotopic (exact) mass is 374 g/mol. The molecule has 2 aromatic heterocycles. The highest BCUT2D eigenvalue weighted by atomic mass is 32.1. The van der Waals surface area contributed by atoms with E-state index in [0.717, 1.165) is 34.6 Å². The van der Waals surface area contributed by atoms with Crippen molar-refractivity contribution < 1.29 is 0 Å². The molecule has 0 atom stereocenters. The van der Waals surface area contributed by atoms with E-state index in [4.69, 9.17) is 30.2 Å². The van der Waals surface area contributed by atoms with E-state index in [0.29, 0.717) is 10.7 Å². The van der Waals surface area contributed by atoms with Gasteiger partial charge in [0.2, 0.25) is 0 Å². The minimum atomic E-state index is 0.617. The summed E-state index contributed by atoms with van der Waals surface area (Å²) < 4.78 is 0. The van der Waals surface area contributed by atoms with Crippen LogP contribution in [0, 0.1) is 0 Å². The molecule has 2 nitrogen and oxygen atoms in total. The van der Waals surface area contributed by atoms with Crippen molar-refractivity contribution in [3.05, 3.63) is 61.7 Å². The van der Waals surface area contributed by atoms with Crippen LogP contribution in [-0.2, 0) is 0 Å². The van der Waals surface area contributed by atoms with Crippen molar-refractivity contribution in [1.29, 1.82) is 0 Å². The average Bonchev–Trinajstić information content (AvgIpc) is 3.28. The van der Waals surface area contributed by atoms with Crippen molar-refractivity contribution >= 4 is 68.9 Å². The molecule has 3 rings (SSSR count). The van der Waals surface area contributed by atoms with E-state index in [9.17, 15) is 0 Å². The second-order valence-corrected chi connectivity index (χ2v) is 7.52. The maximum Gasteiger partial charge on any atom is 0.119 e. The Hall–Kier alpha value is -1.56. The highest BCUT2D eigenvalue weighted by molar-refractivity contribution is 7.80. The van der Waals surface area contributed by atoms with Gasteiger partial charge in [0.05, 0.1) is 26.7 Å². The summed E-state index contributed by atoms with van der Waals surface area (Å²) in [5, 5.41) is 9.14. The van der Waals surface area contributed by atoms with Gasteiger partial charge in [0.1, 0.15) is 4.99 Å². The van der Waals surface area contributed by atoms with Crippen molar-refractivity contribution in [2.45, 2.75) is 12.8 Å². The van der Waals surface area contributed by atoms with Gasteiger partial charge in [0, 0.05) is 0 Å². The Morgan fingerprint density at radius 3 is 2.70 bits per heavy atom. The quantitative estimate of drug-likeness (QED) is 0.450. The third kappa shape index (κ3) is 3.52. The first-order chi connectivity index (χ1) is 11.2. The predicted octanol–water partition coefficient (Wildman–Crippen LogP) is 4.76. The molecule has 2 aromatic rings. The lowest BCUT2D eigenvalue weighted by Crippen LogP contribution is -2.13. The molecule has 3 N–H and O–H groups in total. The molecule has 3 heterocycles. The van der Waals surface area contributed by atoms with Crippen LogP contribution < -0.4 is 11.1 Å². The highest BCUT2D eigenvalue weighted by Crippen LogP contribution is 2.34. The van der Waals surface area contributed by atoms with E-state index < -0.39 is 0 Å². The number of nitrogens with one attached hydrogen (secondary N) is 1. The Morgan fingerprint density at radius 1 is 1.26 bits per heavy atom. The maximum absolute atomic E-state index is 6.20. The molecule has 6 heteroatoms. The SMILES string of the molecule is NC(=C=C1C(=S)NC(c2cccs2)=C1CCC=S)c1cccs1. The van der Waals surface area contributed by atoms with Gasteiger partial charge in [-0.25, -0.2) is 0 Å². The second-order valence-electron chi connectivity index (χ2n) is 4.88. The fraction of sp³-hybridized carbons (Fsp3) is 0.118. The number of nitrogens with two attached hydrogens (primary N) is 1. The first kappa shape index (κ1) is 16.3. The standard InChI is InChI=1S/C17H14N2S4/c18-13(14-5-2-8-22-14)10-12-11(4-1-7-20)16(19-17(12)21)15-6-3-9-23-15/h2-3,5-9H,1,4,18H2,(H,19,21). The fourth-order valence-electron chi connectivity index (χ4n) is 2.36. The van der Waals surface area contributed by atoms with Crippen LogP contribution in [0.25, 0.3) is 11.4 Å². The number of thiophene rings is 2. The van der Waals surface area contributed by atoms with Crippen molar-refractivity contribution in [3.8, 4) is 0 Å². The van der Waals surface area contributed by atoms with Gasteiger partial charge in [-0.2, -0.15) is 0 Å². The summed E-state index contributed by atoms with van der Waals surface area (Å²) >= 11 is 13.8. The third-order valence-corrected chi connectivity index (χ3v) is 5.73. The lowest BCUT2D eigenvalue weighted by Gasteiger charge is -2.03. The van der Waals surface area contributed by atoms with Gasteiger partial charge in [-0.05, 0) is 46.7 Å². The van der Waals surface area contributed by atoms with Gasteiger partial charge in [-0.1, -0.05) is 42.3 Å². The van der Waals surface area contributed by atoms with Crippen LogP contribution >= 0.6 is 47.1 Å². The summed E-state index contributed by atoms with van der Waals surface area (Å²) in [6, 6.07) is 8.08. The van der Waals surface area contributed by atoms with E-state index >= 15 is 0 Å². The van der Waals surface area contributed by atoms with Crippen LogP contribution in [-0.4, -0.2) is 10.4 Å². The zero-order chi connectivity index (χ0) is 16.2. The Kier molecular flexibility index (Phi) is 5.20. The summed E-state index contributed by atoms with van der Waals surface area (Å²) in [4.78, 5) is 2.84. The lowest BCUT2D eigenvalue weighted by atomic mass is 10.0. The molecule has 0 aliphatic carbocycles. The van der Waals surface area contributed by atoms with E-state index in [1.54, 1.807) is 28.0 Å². The van der Waals surface area contributed by atoms with Crippen molar-refractivity contribution in [3.63, 3.8) is 0 Å². The topological polar surface area (TPSA) is 38.0 Å². The molecule has 0 amide bonds. The normalized spacial score (nSPS) is 13.9. The van der Waals surface area contributed by atoms with Crippen LogP contribution in [0.3, 0.4) is 0 Å². The minimum absolute atomic E-state index is 0.617. The van der Waals surface area contributed by atoms with E-state index in [1.807, 2.05) is 23.6 Å². The second kappa shape index (κ2) is 7.34. The zero-order valence-electron chi connectivity index (χ0n) is 12.2. The van der Waals surface area contributed by atoms with Crippen LogP contribution in [0.1, 0.15) is 22.6 Å². The van der Waals surface area contributed by atoms with Gasteiger partial charge in [0.25, 0.3) is 0 Å². The van der Waals surface area contributed by atoms with Crippen LogP contribution in [0.15, 0.2) is 51.9 Å². The smallest absolute Gasteiger partial charge is 0.119 e. The summed E-state index contributed by atoms with van der Waals surface area (Å²) in [5.74, 6) is 0. The molecular weight excluding hydrogens is 360 g/mol. The summed E-state index contributed by atoms with van der Waals surface area (Å²) in [7, 11) is 0. The van der Waals surface area contributed by atoms with Crippen LogP contribution in [0.2, 0.25) is 0 Å². The molecule has 1 aliphatic rings. The first-order valence-corrected chi connectivity index (χ1v) is 9.67. The number of hydrogen-bond donors (Lipinski definition) is 2. The highest BCUT2D eigenvalue weighted by Gasteiger charge is 2.25. The molecule has 0 fully saturated rings. The molecule has 0 unspecified atom stereocenters. The summed E-state index contributed by atoms with van der Waals surface area (Å²) in [6.07, 6.45) is 1.64. The lowest BCUT2D eigenvalue weighted by molar-refractivity contribution is 1.07. The fourth-order valence-corrected chi connectivity index (χ4v) is 4.14. The van der Waals surface area contributed by atoms with Gasteiger partial charge in [-0.3, -0.25) is 0 Å².